The van der Waals surface area contributed by atoms with Crippen molar-refractivity contribution in [3.8, 4) is 0 Å². The number of rotatable bonds is 7. The molecule has 3 atom stereocenters. The molecule has 0 fully saturated rings. The van der Waals surface area contributed by atoms with Crippen LogP contribution in [-0.2, 0) is 17.5 Å². The van der Waals surface area contributed by atoms with Gasteiger partial charge in [0, 0.05) is 12.0 Å². The van der Waals surface area contributed by atoms with Gasteiger partial charge in [0.1, 0.15) is 0 Å². The lowest BCUT2D eigenvalue weighted by molar-refractivity contribution is 0.171. The molecule has 20 heavy (non-hydrogen) atoms. The fourth-order valence-corrected chi connectivity index (χ4v) is 2.33. The minimum absolute atomic E-state index is 0.576. The first-order valence-corrected chi connectivity index (χ1v) is 7.57. The Hall–Kier alpha value is -0.850. The highest BCUT2D eigenvalue weighted by Crippen LogP contribution is 2.17. The van der Waals surface area contributed by atoms with E-state index in [1.54, 1.807) is 0 Å². The summed E-state index contributed by atoms with van der Waals surface area (Å²) in [7, 11) is 0. The van der Waals surface area contributed by atoms with Crippen molar-refractivity contribution in [1.29, 1.82) is 0 Å². The third-order valence-corrected chi connectivity index (χ3v) is 3.56. The Labute approximate surface area is 121 Å². The van der Waals surface area contributed by atoms with Gasteiger partial charge in [-0.05, 0) is 32.8 Å². The summed E-state index contributed by atoms with van der Waals surface area (Å²) < 4.78 is 45.7. The standard InChI is InChI=1S/C14H21F2NO2S/c1-10-4-6-11(7-5-10)9-14(2,3)17-12(15)8-13(16)20(18)19/h4-7,12-13,17H,8-9H2,1-3H3,(H,18,19). The fourth-order valence-electron chi connectivity index (χ4n) is 2.00. The number of aryl methyl sites for hydroxylation is 1. The zero-order chi connectivity index (χ0) is 15.3. The monoisotopic (exact) mass is 305 g/mol. The molecule has 0 aliphatic carbocycles. The van der Waals surface area contributed by atoms with Crippen molar-refractivity contribution >= 4 is 11.1 Å². The van der Waals surface area contributed by atoms with Crippen LogP contribution in [0.4, 0.5) is 8.78 Å². The van der Waals surface area contributed by atoms with Gasteiger partial charge in [0.2, 0.25) is 5.50 Å². The van der Waals surface area contributed by atoms with Gasteiger partial charge in [0.05, 0.1) is 0 Å². The Bertz CT molecular complexity index is 451. The second kappa shape index (κ2) is 7.24. The Morgan fingerprint density at radius 2 is 1.85 bits per heavy atom. The van der Waals surface area contributed by atoms with Crippen LogP contribution in [0.1, 0.15) is 31.4 Å². The second-order valence-corrected chi connectivity index (χ2v) is 6.64. The van der Waals surface area contributed by atoms with Gasteiger partial charge in [0.25, 0.3) is 0 Å². The lowest BCUT2D eigenvalue weighted by Gasteiger charge is -2.29. The van der Waals surface area contributed by atoms with Crippen LogP contribution in [0.5, 0.6) is 0 Å². The normalized spacial score (nSPS) is 16.7. The van der Waals surface area contributed by atoms with Crippen LogP contribution >= 0.6 is 0 Å². The first-order valence-electron chi connectivity index (χ1n) is 6.41. The van der Waals surface area contributed by atoms with Crippen LogP contribution in [0.3, 0.4) is 0 Å². The number of alkyl halides is 2. The van der Waals surface area contributed by atoms with Crippen molar-refractivity contribution in [2.75, 3.05) is 0 Å². The average Bonchev–Trinajstić information content (AvgIpc) is 2.30. The van der Waals surface area contributed by atoms with Crippen LogP contribution in [-0.4, -0.2) is 26.1 Å². The third kappa shape index (κ3) is 6.07. The Kier molecular flexibility index (Phi) is 6.23. The molecular weight excluding hydrogens is 284 g/mol. The quantitative estimate of drug-likeness (QED) is 0.601. The maximum Gasteiger partial charge on any atom is 0.204 e. The van der Waals surface area contributed by atoms with E-state index >= 15 is 0 Å². The van der Waals surface area contributed by atoms with Crippen molar-refractivity contribution < 1.29 is 17.5 Å². The Morgan fingerprint density at radius 1 is 1.30 bits per heavy atom. The molecule has 3 unspecified atom stereocenters. The van der Waals surface area contributed by atoms with Crippen LogP contribution in [0.15, 0.2) is 24.3 Å². The maximum absolute atomic E-state index is 13.7. The minimum Gasteiger partial charge on any atom is -0.304 e. The molecule has 0 spiro atoms. The number of nitrogens with one attached hydrogen (secondary N) is 1. The lowest BCUT2D eigenvalue weighted by atomic mass is 9.94. The summed E-state index contributed by atoms with van der Waals surface area (Å²) >= 11 is -2.65. The zero-order valence-corrected chi connectivity index (χ0v) is 12.7. The number of halogens is 2. The summed E-state index contributed by atoms with van der Waals surface area (Å²) in [5, 5.41) is 2.65. The first kappa shape index (κ1) is 17.2. The average molecular weight is 305 g/mol. The highest BCUT2D eigenvalue weighted by atomic mass is 32.2. The van der Waals surface area contributed by atoms with Crippen LogP contribution in [0.2, 0.25) is 0 Å². The van der Waals surface area contributed by atoms with Crippen molar-refractivity contribution in [3.63, 3.8) is 0 Å². The van der Waals surface area contributed by atoms with Crippen LogP contribution in [0.25, 0.3) is 0 Å². The van der Waals surface area contributed by atoms with Gasteiger partial charge in [-0.2, -0.15) is 0 Å². The molecule has 0 aliphatic heterocycles. The topological polar surface area (TPSA) is 49.3 Å². The smallest absolute Gasteiger partial charge is 0.204 e. The molecular formula is C14H21F2NO2S. The van der Waals surface area contributed by atoms with Crippen LogP contribution < -0.4 is 5.32 Å². The largest absolute Gasteiger partial charge is 0.304 e. The number of hydrogen-bond donors (Lipinski definition) is 2. The van der Waals surface area contributed by atoms with Crippen molar-refractivity contribution in [3.05, 3.63) is 35.4 Å². The van der Waals surface area contributed by atoms with Crippen molar-refractivity contribution in [2.24, 2.45) is 0 Å². The molecule has 114 valence electrons. The van der Waals surface area contributed by atoms with Crippen molar-refractivity contribution in [1.82, 2.24) is 5.32 Å². The van der Waals surface area contributed by atoms with Gasteiger partial charge in [0.15, 0.2) is 17.4 Å². The van der Waals surface area contributed by atoms with E-state index in [4.69, 9.17) is 4.55 Å². The van der Waals surface area contributed by atoms with E-state index in [2.05, 4.69) is 5.32 Å². The maximum atomic E-state index is 13.7. The Balaban J connectivity index is 2.56. The summed E-state index contributed by atoms with van der Waals surface area (Å²) in [6.07, 6.45) is -1.73. The predicted molar refractivity (Wildman–Crippen MR) is 77.3 cm³/mol. The summed E-state index contributed by atoms with van der Waals surface area (Å²) in [4.78, 5) is 0. The van der Waals surface area contributed by atoms with Gasteiger partial charge in [-0.15, -0.1) is 0 Å². The van der Waals surface area contributed by atoms with E-state index in [0.29, 0.717) is 6.42 Å². The molecule has 0 amide bonds. The highest BCUT2D eigenvalue weighted by molar-refractivity contribution is 7.79. The Morgan fingerprint density at radius 3 is 2.35 bits per heavy atom. The second-order valence-electron chi connectivity index (χ2n) is 5.58. The van der Waals surface area contributed by atoms with E-state index in [-0.39, 0.29) is 0 Å². The number of hydrogen-bond acceptors (Lipinski definition) is 2. The molecule has 2 N–H and O–H groups in total. The molecule has 6 heteroatoms. The van der Waals surface area contributed by atoms with Gasteiger partial charge >= 0.3 is 0 Å². The van der Waals surface area contributed by atoms with Crippen molar-refractivity contribution in [2.45, 2.75) is 51.0 Å². The van der Waals surface area contributed by atoms with E-state index in [1.165, 1.54) is 0 Å². The molecule has 0 bridgehead atoms. The van der Waals surface area contributed by atoms with E-state index in [0.717, 1.165) is 11.1 Å². The summed E-state index contributed by atoms with van der Waals surface area (Å²) in [6.45, 7) is 5.60. The zero-order valence-electron chi connectivity index (χ0n) is 11.9. The highest BCUT2D eigenvalue weighted by Gasteiger charge is 2.26. The molecule has 1 aromatic carbocycles. The first-order chi connectivity index (χ1) is 9.19. The van der Waals surface area contributed by atoms with Gasteiger partial charge in [-0.25, -0.2) is 13.0 Å². The van der Waals surface area contributed by atoms with Gasteiger partial charge in [-0.3, -0.25) is 5.32 Å². The molecule has 0 saturated carbocycles. The fraction of sp³-hybridized carbons (Fsp3) is 0.571. The molecule has 1 rings (SSSR count). The van der Waals surface area contributed by atoms with E-state index in [9.17, 15) is 13.0 Å². The molecule has 0 aromatic heterocycles. The SMILES string of the molecule is Cc1ccc(CC(C)(C)NC(F)CC(F)S(=O)O)cc1. The predicted octanol–water partition coefficient (Wildman–Crippen LogP) is 3.11. The minimum atomic E-state index is -2.65. The molecule has 3 nitrogen and oxygen atoms in total. The summed E-state index contributed by atoms with van der Waals surface area (Å²) in [6, 6.07) is 7.88. The van der Waals surface area contributed by atoms with Gasteiger partial charge in [-0.1, -0.05) is 29.8 Å². The van der Waals surface area contributed by atoms with E-state index in [1.807, 2.05) is 45.0 Å². The molecule has 0 radical (unpaired) electrons. The third-order valence-electron chi connectivity index (χ3n) is 2.93. The van der Waals surface area contributed by atoms with E-state index < -0.39 is 34.8 Å². The molecule has 1 aromatic rings. The van der Waals surface area contributed by atoms with Crippen LogP contribution in [0, 0.1) is 6.92 Å². The molecule has 0 saturated heterocycles. The molecule has 0 aliphatic rings. The molecule has 0 heterocycles. The lowest BCUT2D eigenvalue weighted by Crippen LogP contribution is -2.46. The number of benzene rings is 1. The van der Waals surface area contributed by atoms with Gasteiger partial charge < -0.3 is 4.55 Å². The summed E-state index contributed by atoms with van der Waals surface area (Å²) in [5.74, 6) is 0. The summed E-state index contributed by atoms with van der Waals surface area (Å²) in [5.41, 5.74) is -0.463.